The number of rotatable bonds is 3. The lowest BCUT2D eigenvalue weighted by Crippen LogP contribution is -2.51. The van der Waals surface area contributed by atoms with Crippen LogP contribution in [0, 0.1) is 5.92 Å². The fourth-order valence-corrected chi connectivity index (χ4v) is 4.19. The van der Waals surface area contributed by atoms with Crippen LogP contribution in [0.5, 0.6) is 0 Å². The standard InChI is InChI=1S/C18H25ClN2O2/c1-13-9-14(11-20)12-21(13)17(22)18(5-7-23-8-6-18)15-3-2-4-16(19)10-15/h2-4,10,13-14H,5-9,11-12,20H2,1H3. The minimum Gasteiger partial charge on any atom is -0.381 e. The van der Waals surface area contributed by atoms with Crippen LogP contribution in [0.4, 0.5) is 0 Å². The van der Waals surface area contributed by atoms with Gasteiger partial charge in [0.1, 0.15) is 0 Å². The SMILES string of the molecule is CC1CC(CN)CN1C(=O)C1(c2cccc(Cl)c2)CCOCC1. The number of halogens is 1. The maximum Gasteiger partial charge on any atom is 0.233 e. The molecule has 0 spiro atoms. The molecule has 2 N–H and O–H groups in total. The second kappa shape index (κ2) is 6.80. The van der Waals surface area contributed by atoms with Crippen molar-refractivity contribution in [3.05, 3.63) is 34.9 Å². The van der Waals surface area contributed by atoms with Gasteiger partial charge in [-0.2, -0.15) is 0 Å². The maximum atomic E-state index is 13.5. The van der Waals surface area contributed by atoms with Gasteiger partial charge in [0.25, 0.3) is 0 Å². The predicted octanol–water partition coefficient (Wildman–Crippen LogP) is 2.58. The minimum atomic E-state index is -0.513. The average Bonchev–Trinajstić information content (AvgIpc) is 2.95. The van der Waals surface area contributed by atoms with Crippen molar-refractivity contribution in [3.63, 3.8) is 0 Å². The molecule has 4 nitrogen and oxygen atoms in total. The van der Waals surface area contributed by atoms with Gasteiger partial charge in [0.15, 0.2) is 0 Å². The summed E-state index contributed by atoms with van der Waals surface area (Å²) >= 11 is 6.19. The van der Waals surface area contributed by atoms with Crippen molar-refractivity contribution in [1.29, 1.82) is 0 Å². The molecule has 0 aliphatic carbocycles. The summed E-state index contributed by atoms with van der Waals surface area (Å²) < 4.78 is 5.53. The number of hydrogen-bond acceptors (Lipinski definition) is 3. The molecule has 2 unspecified atom stereocenters. The highest BCUT2D eigenvalue weighted by Gasteiger charge is 2.47. The molecular formula is C18H25ClN2O2. The summed E-state index contributed by atoms with van der Waals surface area (Å²) in [7, 11) is 0. The van der Waals surface area contributed by atoms with Crippen LogP contribution in [0.25, 0.3) is 0 Å². The highest BCUT2D eigenvalue weighted by molar-refractivity contribution is 6.30. The zero-order valence-corrected chi connectivity index (χ0v) is 14.4. The Morgan fingerprint density at radius 1 is 1.43 bits per heavy atom. The smallest absolute Gasteiger partial charge is 0.233 e. The summed E-state index contributed by atoms with van der Waals surface area (Å²) in [6.07, 6.45) is 2.41. The summed E-state index contributed by atoms with van der Waals surface area (Å²) in [5.74, 6) is 0.622. The highest BCUT2D eigenvalue weighted by Crippen LogP contribution is 2.39. The third-order valence-corrected chi connectivity index (χ3v) is 5.62. The van der Waals surface area contributed by atoms with Gasteiger partial charge in [-0.25, -0.2) is 0 Å². The van der Waals surface area contributed by atoms with E-state index in [-0.39, 0.29) is 11.9 Å². The average molecular weight is 337 g/mol. The summed E-state index contributed by atoms with van der Waals surface area (Å²) in [6, 6.07) is 7.99. The first kappa shape index (κ1) is 16.7. The Hall–Kier alpha value is -1.10. The zero-order valence-electron chi connectivity index (χ0n) is 13.6. The fourth-order valence-electron chi connectivity index (χ4n) is 4.00. The van der Waals surface area contributed by atoms with Crippen LogP contribution in [0.15, 0.2) is 24.3 Å². The normalized spacial score (nSPS) is 27.2. The third-order valence-electron chi connectivity index (χ3n) is 5.39. The van der Waals surface area contributed by atoms with Gasteiger partial charge in [-0.15, -0.1) is 0 Å². The number of carbonyl (C=O) groups excluding carboxylic acids is 1. The van der Waals surface area contributed by atoms with E-state index in [1.54, 1.807) is 0 Å². The topological polar surface area (TPSA) is 55.6 Å². The highest BCUT2D eigenvalue weighted by atomic mass is 35.5. The van der Waals surface area contributed by atoms with Crippen molar-refractivity contribution in [2.24, 2.45) is 11.7 Å². The van der Waals surface area contributed by atoms with Gasteiger partial charge < -0.3 is 15.4 Å². The van der Waals surface area contributed by atoms with Crippen LogP contribution >= 0.6 is 11.6 Å². The summed E-state index contributed by atoms with van der Waals surface area (Å²) in [5.41, 5.74) is 6.33. The molecule has 2 atom stereocenters. The lowest BCUT2D eigenvalue weighted by atomic mass is 9.73. The number of nitrogens with two attached hydrogens (primary N) is 1. The van der Waals surface area contributed by atoms with Crippen molar-refractivity contribution < 1.29 is 9.53 Å². The predicted molar refractivity (Wildman–Crippen MR) is 91.5 cm³/mol. The van der Waals surface area contributed by atoms with Crippen LogP contribution in [0.2, 0.25) is 5.02 Å². The van der Waals surface area contributed by atoms with Crippen LogP contribution in [-0.4, -0.2) is 43.2 Å². The van der Waals surface area contributed by atoms with E-state index in [1.165, 1.54) is 0 Å². The van der Waals surface area contributed by atoms with E-state index in [0.717, 1.165) is 18.5 Å². The zero-order chi connectivity index (χ0) is 16.4. The van der Waals surface area contributed by atoms with E-state index in [9.17, 15) is 4.79 Å². The van der Waals surface area contributed by atoms with Gasteiger partial charge in [0.2, 0.25) is 5.91 Å². The Balaban J connectivity index is 1.94. The molecule has 0 bridgehead atoms. The molecule has 1 aromatic carbocycles. The maximum absolute atomic E-state index is 13.5. The number of carbonyl (C=O) groups is 1. The first-order valence-corrected chi connectivity index (χ1v) is 8.79. The van der Waals surface area contributed by atoms with Gasteiger partial charge in [0, 0.05) is 30.8 Å². The first-order chi connectivity index (χ1) is 11.1. The van der Waals surface area contributed by atoms with Gasteiger partial charge in [-0.3, -0.25) is 4.79 Å². The largest absolute Gasteiger partial charge is 0.381 e. The van der Waals surface area contributed by atoms with Crippen molar-refractivity contribution in [2.45, 2.75) is 37.6 Å². The number of hydrogen-bond donors (Lipinski definition) is 1. The van der Waals surface area contributed by atoms with Crippen LogP contribution in [0.3, 0.4) is 0 Å². The molecule has 23 heavy (non-hydrogen) atoms. The summed E-state index contributed by atoms with van der Waals surface area (Å²) in [5, 5.41) is 0.676. The first-order valence-electron chi connectivity index (χ1n) is 8.42. The summed E-state index contributed by atoms with van der Waals surface area (Å²) in [4.78, 5) is 15.5. The molecule has 2 saturated heterocycles. The molecule has 0 aromatic heterocycles. The van der Waals surface area contributed by atoms with Crippen LogP contribution in [-0.2, 0) is 14.9 Å². The summed E-state index contributed by atoms with van der Waals surface area (Å²) in [6.45, 7) is 4.75. The van der Waals surface area contributed by atoms with Crippen molar-refractivity contribution >= 4 is 17.5 Å². The van der Waals surface area contributed by atoms with Crippen molar-refractivity contribution in [2.75, 3.05) is 26.3 Å². The number of likely N-dealkylation sites (tertiary alicyclic amines) is 1. The van der Waals surface area contributed by atoms with Gasteiger partial charge in [0.05, 0.1) is 5.41 Å². The number of benzene rings is 1. The van der Waals surface area contributed by atoms with Crippen molar-refractivity contribution in [1.82, 2.24) is 4.90 Å². The monoisotopic (exact) mass is 336 g/mol. The molecule has 126 valence electrons. The number of nitrogens with zero attached hydrogens (tertiary/aromatic N) is 1. The third kappa shape index (κ3) is 3.12. The Kier molecular flexibility index (Phi) is 4.95. The molecule has 2 fully saturated rings. The van der Waals surface area contributed by atoms with Crippen LogP contribution < -0.4 is 5.73 Å². The molecule has 3 rings (SSSR count). The van der Waals surface area contributed by atoms with E-state index in [4.69, 9.17) is 22.1 Å². The Morgan fingerprint density at radius 2 is 2.17 bits per heavy atom. The molecule has 1 amide bonds. The fraction of sp³-hybridized carbons (Fsp3) is 0.611. The number of amides is 1. The molecule has 2 aliphatic heterocycles. The van der Waals surface area contributed by atoms with Gasteiger partial charge >= 0.3 is 0 Å². The minimum absolute atomic E-state index is 0.214. The Labute approximate surface area is 142 Å². The van der Waals surface area contributed by atoms with Gasteiger partial charge in [-0.05, 0) is 56.3 Å². The van der Waals surface area contributed by atoms with E-state index in [2.05, 4.69) is 6.92 Å². The lowest BCUT2D eigenvalue weighted by molar-refractivity contribution is -0.142. The molecule has 2 aliphatic rings. The second-order valence-electron chi connectivity index (χ2n) is 6.85. The molecule has 1 aromatic rings. The van der Waals surface area contributed by atoms with E-state index < -0.39 is 5.41 Å². The van der Waals surface area contributed by atoms with E-state index >= 15 is 0 Å². The quantitative estimate of drug-likeness (QED) is 0.923. The van der Waals surface area contributed by atoms with Crippen LogP contribution in [0.1, 0.15) is 31.7 Å². The molecule has 5 heteroatoms. The van der Waals surface area contributed by atoms with E-state index in [1.807, 2.05) is 29.2 Å². The number of ether oxygens (including phenoxy) is 1. The Bertz CT molecular complexity index is 572. The second-order valence-corrected chi connectivity index (χ2v) is 7.29. The van der Waals surface area contributed by atoms with Crippen molar-refractivity contribution in [3.8, 4) is 0 Å². The van der Waals surface area contributed by atoms with Gasteiger partial charge in [-0.1, -0.05) is 23.7 Å². The molecule has 2 heterocycles. The lowest BCUT2D eigenvalue weighted by Gasteiger charge is -2.40. The van der Waals surface area contributed by atoms with E-state index in [0.29, 0.717) is 43.5 Å². The molecule has 0 saturated carbocycles. The Morgan fingerprint density at radius 3 is 2.78 bits per heavy atom. The molecule has 0 radical (unpaired) electrons. The molecular weight excluding hydrogens is 312 g/mol.